The normalized spacial score (nSPS) is 10.3. The lowest BCUT2D eigenvalue weighted by Gasteiger charge is -2.08. The van der Waals surface area contributed by atoms with Gasteiger partial charge in [-0.2, -0.15) is 0 Å². The van der Waals surface area contributed by atoms with Crippen LogP contribution in [-0.4, -0.2) is 24.3 Å². The molecule has 1 heterocycles. The van der Waals surface area contributed by atoms with Crippen LogP contribution >= 0.6 is 11.6 Å². The summed E-state index contributed by atoms with van der Waals surface area (Å²) in [4.78, 5) is 35.6. The first-order valence-electron chi connectivity index (χ1n) is 8.07. The Morgan fingerprint density at radius 3 is 2.35 bits per heavy atom. The molecule has 2 aromatic rings. The quantitative estimate of drug-likeness (QED) is 0.532. The Kier molecular flexibility index (Phi) is 6.80. The largest absolute Gasteiger partial charge is 0.466 e. The van der Waals surface area contributed by atoms with Gasteiger partial charge < -0.3 is 9.73 Å². The van der Waals surface area contributed by atoms with Gasteiger partial charge in [0.2, 0.25) is 5.91 Å². The Morgan fingerprint density at radius 2 is 1.73 bits per heavy atom. The lowest BCUT2D eigenvalue weighted by atomic mass is 10.2. The van der Waals surface area contributed by atoms with Gasteiger partial charge in [0, 0.05) is 23.6 Å². The molecule has 2 rings (SSSR count). The molecule has 0 aliphatic heterocycles. The topological polar surface area (TPSA) is 100 Å². The van der Waals surface area contributed by atoms with Crippen molar-refractivity contribution in [2.24, 2.45) is 0 Å². The van der Waals surface area contributed by atoms with E-state index in [1.165, 1.54) is 0 Å². The number of carbonyl (C=O) groups is 3. The number of hydrazine groups is 1. The minimum Gasteiger partial charge on any atom is -0.466 e. The second-order valence-electron chi connectivity index (χ2n) is 5.70. The van der Waals surface area contributed by atoms with Crippen LogP contribution in [0.25, 0.3) is 0 Å². The molecule has 138 valence electrons. The fourth-order valence-electron chi connectivity index (χ4n) is 2.27. The molecule has 26 heavy (non-hydrogen) atoms. The van der Waals surface area contributed by atoms with Crippen LogP contribution in [0.15, 0.2) is 34.7 Å². The van der Waals surface area contributed by atoms with E-state index in [9.17, 15) is 14.4 Å². The second-order valence-corrected chi connectivity index (χ2v) is 6.13. The Morgan fingerprint density at radius 1 is 1.04 bits per heavy atom. The van der Waals surface area contributed by atoms with Crippen LogP contribution in [0.1, 0.15) is 45.1 Å². The van der Waals surface area contributed by atoms with E-state index in [1.54, 1.807) is 44.2 Å². The zero-order valence-corrected chi connectivity index (χ0v) is 15.3. The lowest BCUT2D eigenvalue weighted by Crippen LogP contribution is -2.41. The predicted molar refractivity (Wildman–Crippen MR) is 96.8 cm³/mol. The molecule has 0 bridgehead atoms. The standard InChI is InChI=1S/C18H20ClN3O4/c1-11-10-15(12(2)26-11)18(25)22-21-16(23)4-3-9-20-17(24)13-5-7-14(19)8-6-13/h5-8,10H,3-4,9H2,1-2H3,(H,20,24)(H,21,23)(H,22,25). The van der Waals surface area contributed by atoms with Crippen LogP contribution < -0.4 is 16.2 Å². The molecule has 0 fully saturated rings. The van der Waals surface area contributed by atoms with E-state index in [-0.39, 0.29) is 18.2 Å². The molecule has 0 spiro atoms. The minimum atomic E-state index is -0.441. The molecule has 3 N–H and O–H groups in total. The van der Waals surface area contributed by atoms with Gasteiger partial charge in [0.05, 0.1) is 5.56 Å². The fourth-order valence-corrected chi connectivity index (χ4v) is 2.39. The Balaban J connectivity index is 1.66. The monoisotopic (exact) mass is 377 g/mol. The number of nitrogens with one attached hydrogen (secondary N) is 3. The maximum atomic E-state index is 11.9. The number of furan rings is 1. The summed E-state index contributed by atoms with van der Waals surface area (Å²) < 4.78 is 5.27. The maximum absolute atomic E-state index is 11.9. The van der Waals surface area contributed by atoms with E-state index in [4.69, 9.17) is 16.0 Å². The third-order valence-electron chi connectivity index (χ3n) is 3.57. The van der Waals surface area contributed by atoms with Crippen LogP contribution in [0.5, 0.6) is 0 Å². The third-order valence-corrected chi connectivity index (χ3v) is 3.83. The molecule has 0 saturated heterocycles. The van der Waals surface area contributed by atoms with Gasteiger partial charge in [0.15, 0.2) is 0 Å². The fraction of sp³-hybridized carbons (Fsp3) is 0.278. The van der Waals surface area contributed by atoms with E-state index in [1.807, 2.05) is 0 Å². The molecule has 1 aromatic heterocycles. The molecule has 0 aliphatic carbocycles. The highest BCUT2D eigenvalue weighted by atomic mass is 35.5. The van der Waals surface area contributed by atoms with Crippen molar-refractivity contribution in [3.63, 3.8) is 0 Å². The molecule has 1 aromatic carbocycles. The van der Waals surface area contributed by atoms with Gasteiger partial charge in [-0.05, 0) is 50.6 Å². The van der Waals surface area contributed by atoms with Crippen molar-refractivity contribution in [1.29, 1.82) is 0 Å². The van der Waals surface area contributed by atoms with E-state index >= 15 is 0 Å². The number of aryl methyl sites for hydroxylation is 2. The maximum Gasteiger partial charge on any atom is 0.273 e. The highest BCUT2D eigenvalue weighted by Crippen LogP contribution is 2.13. The number of halogens is 1. The smallest absolute Gasteiger partial charge is 0.273 e. The number of hydrogen-bond donors (Lipinski definition) is 3. The van der Waals surface area contributed by atoms with Crippen molar-refractivity contribution >= 4 is 29.3 Å². The van der Waals surface area contributed by atoms with Crippen LogP contribution in [0.4, 0.5) is 0 Å². The van der Waals surface area contributed by atoms with Crippen molar-refractivity contribution in [1.82, 2.24) is 16.2 Å². The van der Waals surface area contributed by atoms with Crippen molar-refractivity contribution in [3.05, 3.63) is 58.0 Å². The van der Waals surface area contributed by atoms with Gasteiger partial charge in [0.25, 0.3) is 11.8 Å². The predicted octanol–water partition coefficient (Wildman–Crippen LogP) is 2.52. The molecule has 0 atom stereocenters. The molecular weight excluding hydrogens is 358 g/mol. The van der Waals surface area contributed by atoms with Crippen molar-refractivity contribution in [3.8, 4) is 0 Å². The summed E-state index contributed by atoms with van der Waals surface area (Å²) in [5, 5.41) is 3.27. The zero-order valence-electron chi connectivity index (χ0n) is 14.5. The first-order valence-corrected chi connectivity index (χ1v) is 8.44. The molecule has 7 nitrogen and oxygen atoms in total. The van der Waals surface area contributed by atoms with Crippen LogP contribution in [0, 0.1) is 13.8 Å². The Labute approximate surface area is 156 Å². The van der Waals surface area contributed by atoms with Crippen LogP contribution in [0.2, 0.25) is 5.02 Å². The number of carbonyl (C=O) groups excluding carboxylic acids is 3. The third kappa shape index (κ3) is 5.63. The van der Waals surface area contributed by atoms with E-state index in [0.29, 0.717) is 40.6 Å². The average molecular weight is 378 g/mol. The highest BCUT2D eigenvalue weighted by Gasteiger charge is 2.14. The van der Waals surface area contributed by atoms with Gasteiger partial charge in [-0.15, -0.1) is 0 Å². The van der Waals surface area contributed by atoms with Gasteiger partial charge in [-0.1, -0.05) is 11.6 Å². The summed E-state index contributed by atoms with van der Waals surface area (Å²) in [7, 11) is 0. The Bertz CT molecular complexity index is 799. The number of hydrogen-bond acceptors (Lipinski definition) is 4. The van der Waals surface area contributed by atoms with E-state index in [0.717, 1.165) is 0 Å². The summed E-state index contributed by atoms with van der Waals surface area (Å²) in [6.07, 6.45) is 0.593. The number of rotatable bonds is 6. The van der Waals surface area contributed by atoms with E-state index in [2.05, 4.69) is 16.2 Å². The number of benzene rings is 1. The molecule has 0 aliphatic rings. The summed E-state index contributed by atoms with van der Waals surface area (Å²) in [6, 6.07) is 8.12. The van der Waals surface area contributed by atoms with Gasteiger partial charge in [-0.25, -0.2) is 0 Å². The summed E-state index contributed by atoms with van der Waals surface area (Å²) in [5.74, 6) is 0.0800. The molecule has 0 saturated carbocycles. The van der Waals surface area contributed by atoms with Crippen molar-refractivity contribution < 1.29 is 18.8 Å². The SMILES string of the molecule is Cc1cc(C(=O)NNC(=O)CCCNC(=O)c2ccc(Cl)cc2)c(C)o1. The first kappa shape index (κ1) is 19.5. The minimum absolute atomic E-state index is 0.157. The molecular formula is C18H20ClN3O4. The number of amides is 3. The molecule has 0 radical (unpaired) electrons. The van der Waals surface area contributed by atoms with Crippen LogP contribution in [-0.2, 0) is 4.79 Å². The van der Waals surface area contributed by atoms with Crippen molar-refractivity contribution in [2.45, 2.75) is 26.7 Å². The van der Waals surface area contributed by atoms with E-state index < -0.39 is 5.91 Å². The summed E-state index contributed by atoms with van der Waals surface area (Å²) in [6.45, 7) is 3.75. The molecule has 0 unspecified atom stereocenters. The van der Waals surface area contributed by atoms with Gasteiger partial charge >= 0.3 is 0 Å². The lowest BCUT2D eigenvalue weighted by molar-refractivity contribution is -0.121. The molecule has 3 amide bonds. The Hall–Kier alpha value is -2.80. The second kappa shape index (κ2) is 9.05. The van der Waals surface area contributed by atoms with Gasteiger partial charge in [0.1, 0.15) is 11.5 Å². The first-order chi connectivity index (χ1) is 12.4. The van der Waals surface area contributed by atoms with Crippen molar-refractivity contribution in [2.75, 3.05) is 6.54 Å². The van der Waals surface area contributed by atoms with Gasteiger partial charge in [-0.3, -0.25) is 25.2 Å². The summed E-state index contributed by atoms with van der Waals surface area (Å²) in [5.41, 5.74) is 5.54. The highest BCUT2D eigenvalue weighted by molar-refractivity contribution is 6.30. The van der Waals surface area contributed by atoms with Crippen LogP contribution in [0.3, 0.4) is 0 Å². The summed E-state index contributed by atoms with van der Waals surface area (Å²) >= 11 is 5.77. The molecule has 8 heteroatoms. The average Bonchev–Trinajstić information content (AvgIpc) is 2.95. The zero-order chi connectivity index (χ0) is 19.1.